The van der Waals surface area contributed by atoms with Crippen molar-refractivity contribution in [2.24, 2.45) is 45.3 Å². The van der Waals surface area contributed by atoms with Crippen molar-refractivity contribution in [3.63, 3.8) is 0 Å². The first-order chi connectivity index (χ1) is 20.6. The van der Waals surface area contributed by atoms with Crippen LogP contribution < -0.4 is 0 Å². The zero-order valence-electron chi connectivity index (χ0n) is 27.4. The number of aliphatic hydroxyl groups excluding tert-OH is 4. The fourth-order valence-electron chi connectivity index (χ4n) is 11.2. The van der Waals surface area contributed by atoms with Crippen molar-refractivity contribution in [2.45, 2.75) is 129 Å². The molecule has 0 radical (unpaired) electrons. The average molecular weight is 615 g/mol. The highest BCUT2D eigenvalue weighted by Gasteiger charge is 2.79. The van der Waals surface area contributed by atoms with Crippen LogP contribution in [0.4, 0.5) is 0 Å². The number of hydrogen-bond donors (Lipinski definition) is 4. The minimum atomic E-state index is -1.51. The van der Waals surface area contributed by atoms with Gasteiger partial charge in [0, 0.05) is 11.3 Å². The van der Waals surface area contributed by atoms with E-state index in [1.54, 1.807) is 0 Å². The lowest BCUT2D eigenvalue weighted by Gasteiger charge is -2.63. The number of rotatable bonds is 7. The molecular weight excluding hydrogens is 560 g/mol. The first-order valence-corrected chi connectivity index (χ1v) is 16.8. The molecule has 5 fully saturated rings. The smallest absolute Gasteiger partial charge is 0.314 e. The van der Waals surface area contributed by atoms with E-state index in [0.717, 1.165) is 37.7 Å². The summed E-state index contributed by atoms with van der Waals surface area (Å²) in [5, 5.41) is 41.0. The van der Waals surface area contributed by atoms with Crippen LogP contribution in [0.15, 0.2) is 36.5 Å². The van der Waals surface area contributed by atoms with Crippen molar-refractivity contribution in [1.82, 2.24) is 0 Å². The van der Waals surface area contributed by atoms with Crippen molar-refractivity contribution < 1.29 is 39.4 Å². The number of allylic oxidation sites excluding steroid dienone is 4. The Morgan fingerprint density at radius 2 is 1.80 bits per heavy atom. The minimum absolute atomic E-state index is 0.0125. The molecule has 14 atom stereocenters. The molecule has 2 heterocycles. The van der Waals surface area contributed by atoms with Gasteiger partial charge >= 0.3 is 5.97 Å². The molecule has 6 rings (SSSR count). The normalized spacial score (nSPS) is 51.4. The van der Waals surface area contributed by atoms with Crippen LogP contribution in [0, 0.1) is 45.3 Å². The van der Waals surface area contributed by atoms with Crippen LogP contribution in [0.3, 0.4) is 0 Å². The summed E-state index contributed by atoms with van der Waals surface area (Å²) < 4.78 is 18.7. The Morgan fingerprint density at radius 1 is 1.07 bits per heavy atom. The van der Waals surface area contributed by atoms with Crippen LogP contribution in [-0.4, -0.2) is 75.4 Å². The molecule has 0 amide bonds. The summed E-state index contributed by atoms with van der Waals surface area (Å²) in [6.45, 7) is 17.0. The Balaban J connectivity index is 1.29. The molecule has 1 spiro atoms. The van der Waals surface area contributed by atoms with Crippen molar-refractivity contribution >= 4 is 5.97 Å². The summed E-state index contributed by atoms with van der Waals surface area (Å²) in [4.78, 5) is 14.4. The number of fused-ring (bicyclic) bond motifs is 2. The molecule has 8 heteroatoms. The number of aliphatic hydroxyl groups is 4. The third-order valence-corrected chi connectivity index (χ3v) is 14.0. The monoisotopic (exact) mass is 614 g/mol. The molecule has 6 aliphatic rings. The molecular formula is C36H54O8. The third kappa shape index (κ3) is 4.13. The van der Waals surface area contributed by atoms with Gasteiger partial charge in [-0.2, -0.15) is 0 Å². The predicted octanol–water partition coefficient (Wildman–Crippen LogP) is 4.45. The standard InChI is InChI=1S/C36H54O8/c1-20(2)9-8-10-21(3)22-13-15-34(7)24-14-16-36-25(35(24,31(41)44-36)18-17-33(22,34)6)11-12-26(32(36,4)5)43-30-29(40)28(39)27(38)23(19-37)42-30/h8-9,14,16,21-30,37-40H,1,10-13,15,17-19H2,2-7H3/b9-8+/t21-,22-,23-,24+,25+,26+,27-,28+,29-,30+,33-,34+,35-,36+/m1/s1. The number of hydrogen-bond acceptors (Lipinski definition) is 8. The highest BCUT2D eigenvalue weighted by Crippen LogP contribution is 2.78. The van der Waals surface area contributed by atoms with E-state index in [0.29, 0.717) is 18.3 Å². The molecule has 0 aromatic rings. The summed E-state index contributed by atoms with van der Waals surface area (Å²) in [6, 6.07) is 0. The molecule has 0 unspecified atom stereocenters. The largest absolute Gasteiger partial charge is 0.453 e. The molecule has 4 aliphatic carbocycles. The lowest BCUT2D eigenvalue weighted by atomic mass is 9.38. The molecule has 4 N–H and O–H groups in total. The van der Waals surface area contributed by atoms with Crippen molar-refractivity contribution in [3.05, 3.63) is 36.5 Å². The molecule has 44 heavy (non-hydrogen) atoms. The molecule has 0 aromatic heterocycles. The lowest BCUT2D eigenvalue weighted by Crippen LogP contribution is -2.66. The topological polar surface area (TPSA) is 126 Å². The highest BCUT2D eigenvalue weighted by molar-refractivity contribution is 5.83. The van der Waals surface area contributed by atoms with Gasteiger partial charge in [0.25, 0.3) is 0 Å². The molecule has 3 saturated carbocycles. The quantitative estimate of drug-likeness (QED) is 0.188. The highest BCUT2D eigenvalue weighted by atomic mass is 16.7. The van der Waals surface area contributed by atoms with Gasteiger partial charge in [0.05, 0.1) is 18.1 Å². The van der Waals surface area contributed by atoms with Crippen LogP contribution in [0.5, 0.6) is 0 Å². The zero-order valence-corrected chi connectivity index (χ0v) is 27.4. The Hall–Kier alpha value is -1.55. The summed E-state index contributed by atoms with van der Waals surface area (Å²) in [5.41, 5.74) is -0.939. The first kappa shape index (κ1) is 32.4. The molecule has 246 valence electrons. The van der Waals surface area contributed by atoms with E-state index in [9.17, 15) is 25.2 Å². The van der Waals surface area contributed by atoms with Gasteiger partial charge in [-0.25, -0.2) is 0 Å². The van der Waals surface area contributed by atoms with E-state index in [1.807, 2.05) is 6.92 Å². The third-order valence-electron chi connectivity index (χ3n) is 14.0. The van der Waals surface area contributed by atoms with E-state index in [2.05, 4.69) is 65.5 Å². The van der Waals surface area contributed by atoms with Crippen molar-refractivity contribution in [3.8, 4) is 0 Å². The summed E-state index contributed by atoms with van der Waals surface area (Å²) in [6.07, 6.45) is 8.21. The number of carbonyl (C=O) groups is 1. The Bertz CT molecular complexity index is 1220. The van der Waals surface area contributed by atoms with Gasteiger partial charge in [-0.1, -0.05) is 65.0 Å². The van der Waals surface area contributed by atoms with E-state index in [1.165, 1.54) is 6.42 Å². The van der Waals surface area contributed by atoms with Crippen LogP contribution >= 0.6 is 0 Å². The summed E-state index contributed by atoms with van der Waals surface area (Å²) in [7, 11) is 0. The fourth-order valence-corrected chi connectivity index (χ4v) is 11.2. The van der Waals surface area contributed by atoms with Crippen LogP contribution in [0.1, 0.15) is 86.5 Å². The maximum atomic E-state index is 14.4. The van der Waals surface area contributed by atoms with E-state index in [-0.39, 0.29) is 28.6 Å². The lowest BCUT2D eigenvalue weighted by molar-refractivity contribution is -0.329. The second-order valence-corrected chi connectivity index (χ2v) is 16.2. The van der Waals surface area contributed by atoms with Gasteiger partial charge in [-0.05, 0) is 86.5 Å². The number of esters is 1. The van der Waals surface area contributed by atoms with Gasteiger partial charge in [0.1, 0.15) is 30.0 Å². The van der Waals surface area contributed by atoms with Gasteiger partial charge in [-0.15, -0.1) is 0 Å². The average Bonchev–Trinajstić information content (AvgIpc) is 3.33. The zero-order chi connectivity index (χ0) is 32.0. The Kier molecular flexibility index (Phi) is 7.91. The Morgan fingerprint density at radius 3 is 2.48 bits per heavy atom. The molecule has 2 aliphatic heterocycles. The fraction of sp³-hybridized carbons (Fsp3) is 0.806. The van der Waals surface area contributed by atoms with Crippen LogP contribution in [-0.2, 0) is 19.0 Å². The van der Waals surface area contributed by atoms with Gasteiger partial charge in [0.15, 0.2) is 6.29 Å². The van der Waals surface area contributed by atoms with Crippen LogP contribution in [0.25, 0.3) is 0 Å². The minimum Gasteiger partial charge on any atom is -0.453 e. The van der Waals surface area contributed by atoms with E-state index >= 15 is 0 Å². The number of carbonyl (C=O) groups excluding carboxylic acids is 1. The van der Waals surface area contributed by atoms with E-state index in [4.69, 9.17) is 14.2 Å². The second kappa shape index (κ2) is 10.7. The van der Waals surface area contributed by atoms with Gasteiger partial charge in [0.2, 0.25) is 0 Å². The first-order valence-electron chi connectivity index (χ1n) is 16.8. The van der Waals surface area contributed by atoms with Crippen LogP contribution in [0.2, 0.25) is 0 Å². The summed E-state index contributed by atoms with van der Waals surface area (Å²) in [5.74, 6) is 1.16. The van der Waals surface area contributed by atoms with Gasteiger partial charge < -0.3 is 34.6 Å². The van der Waals surface area contributed by atoms with Crippen molar-refractivity contribution in [2.75, 3.05) is 6.61 Å². The Labute approximate surface area is 262 Å². The SMILES string of the molecule is C=C(C)/C=C/C[C@@H](C)[C@H]1CC[C@@]2(C)[C@@H]3C=C[C@]45OC(=O)[C@@]3(CC[C@]12C)[C@@H]4CC[C@H](O[C@@H]1O[C@H](CO)[C@@H](O)[C@H](O)[C@H]1O)C5(C)C. The number of ether oxygens (including phenoxy) is 3. The second-order valence-electron chi connectivity index (χ2n) is 16.2. The van der Waals surface area contributed by atoms with E-state index < -0.39 is 59.8 Å². The molecule has 8 nitrogen and oxygen atoms in total. The molecule has 2 saturated heterocycles. The molecule has 0 aromatic carbocycles. The predicted molar refractivity (Wildman–Crippen MR) is 165 cm³/mol. The van der Waals surface area contributed by atoms with Crippen molar-refractivity contribution in [1.29, 1.82) is 0 Å². The maximum absolute atomic E-state index is 14.4. The maximum Gasteiger partial charge on any atom is 0.314 e. The summed E-state index contributed by atoms with van der Waals surface area (Å²) >= 11 is 0. The van der Waals surface area contributed by atoms with Gasteiger partial charge in [-0.3, -0.25) is 4.79 Å². The molecule has 2 bridgehead atoms.